The van der Waals surface area contributed by atoms with Crippen molar-refractivity contribution in [3.05, 3.63) is 0 Å². The van der Waals surface area contributed by atoms with Crippen LogP contribution in [-0.4, -0.2) is 49.7 Å². The highest BCUT2D eigenvalue weighted by molar-refractivity contribution is 7.91. The summed E-state index contributed by atoms with van der Waals surface area (Å²) >= 11 is 0. The minimum absolute atomic E-state index is 0.0930. The molecule has 1 atom stereocenters. The van der Waals surface area contributed by atoms with Crippen LogP contribution in [0, 0.1) is 0 Å². The van der Waals surface area contributed by atoms with Gasteiger partial charge in [0, 0.05) is 25.4 Å². The third kappa shape index (κ3) is 4.22. The predicted octanol–water partition coefficient (Wildman–Crippen LogP) is 0.865. The Hall–Kier alpha value is -0.420. The average molecular weight is 247 g/mol. The highest BCUT2D eigenvalue weighted by atomic mass is 32.2. The van der Waals surface area contributed by atoms with Crippen molar-refractivity contribution in [2.24, 2.45) is 0 Å². The van der Waals surface area contributed by atoms with Crippen molar-refractivity contribution < 1.29 is 13.2 Å². The van der Waals surface area contributed by atoms with E-state index in [2.05, 4.69) is 4.90 Å². The Labute approximate surface area is 97.9 Å². The molecule has 16 heavy (non-hydrogen) atoms. The molecule has 0 radical (unpaired) electrons. The molecular weight excluding hydrogens is 226 g/mol. The summed E-state index contributed by atoms with van der Waals surface area (Å²) in [7, 11) is -2.82. The number of sulfone groups is 1. The lowest BCUT2D eigenvalue weighted by Crippen LogP contribution is -2.47. The SMILES string of the molecule is CCC(=O)CCCN1CCS(=O)(=O)CC1C. The minimum atomic E-state index is -2.82. The third-order valence-electron chi connectivity index (χ3n) is 3.10. The fourth-order valence-electron chi connectivity index (χ4n) is 2.02. The molecule has 0 N–H and O–H groups in total. The summed E-state index contributed by atoms with van der Waals surface area (Å²) in [5, 5.41) is 0. The highest BCUT2D eigenvalue weighted by Gasteiger charge is 2.27. The van der Waals surface area contributed by atoms with Crippen LogP contribution in [0.4, 0.5) is 0 Å². The van der Waals surface area contributed by atoms with Gasteiger partial charge < -0.3 is 0 Å². The van der Waals surface area contributed by atoms with Gasteiger partial charge in [-0.25, -0.2) is 8.42 Å². The Morgan fingerprint density at radius 3 is 2.69 bits per heavy atom. The van der Waals surface area contributed by atoms with Gasteiger partial charge in [-0.3, -0.25) is 9.69 Å². The maximum absolute atomic E-state index is 11.4. The minimum Gasteiger partial charge on any atom is -0.300 e. The van der Waals surface area contributed by atoms with Crippen LogP contribution in [0.3, 0.4) is 0 Å². The van der Waals surface area contributed by atoms with Gasteiger partial charge >= 0.3 is 0 Å². The molecule has 4 nitrogen and oxygen atoms in total. The second-order valence-corrected chi connectivity index (χ2v) is 6.72. The van der Waals surface area contributed by atoms with Crippen LogP contribution >= 0.6 is 0 Å². The van der Waals surface area contributed by atoms with Crippen molar-refractivity contribution in [3.8, 4) is 0 Å². The van der Waals surface area contributed by atoms with E-state index in [4.69, 9.17) is 0 Å². The van der Waals surface area contributed by atoms with Crippen LogP contribution in [0.1, 0.15) is 33.1 Å². The van der Waals surface area contributed by atoms with Crippen molar-refractivity contribution in [2.45, 2.75) is 39.2 Å². The van der Waals surface area contributed by atoms with Gasteiger partial charge in [-0.05, 0) is 19.9 Å². The van der Waals surface area contributed by atoms with Gasteiger partial charge in [0.05, 0.1) is 11.5 Å². The smallest absolute Gasteiger partial charge is 0.153 e. The molecule has 0 saturated carbocycles. The molecule has 1 rings (SSSR count). The van der Waals surface area contributed by atoms with Gasteiger partial charge in [-0.1, -0.05) is 6.92 Å². The first-order valence-corrected chi connectivity index (χ1v) is 7.73. The van der Waals surface area contributed by atoms with Crippen molar-refractivity contribution in [2.75, 3.05) is 24.6 Å². The van der Waals surface area contributed by atoms with Gasteiger partial charge in [0.2, 0.25) is 0 Å². The van der Waals surface area contributed by atoms with Crippen LogP contribution < -0.4 is 0 Å². The number of rotatable bonds is 5. The van der Waals surface area contributed by atoms with Crippen LogP contribution in [-0.2, 0) is 14.6 Å². The molecule has 0 bridgehead atoms. The molecule has 1 saturated heterocycles. The molecule has 0 spiro atoms. The Morgan fingerprint density at radius 2 is 2.12 bits per heavy atom. The quantitative estimate of drug-likeness (QED) is 0.723. The topological polar surface area (TPSA) is 54.5 Å². The van der Waals surface area contributed by atoms with Gasteiger partial charge in [0.1, 0.15) is 5.78 Å². The molecule has 0 aliphatic carbocycles. The van der Waals surface area contributed by atoms with E-state index in [0.717, 1.165) is 13.0 Å². The first-order chi connectivity index (χ1) is 7.44. The molecule has 0 aromatic rings. The van der Waals surface area contributed by atoms with E-state index in [1.807, 2.05) is 13.8 Å². The zero-order valence-electron chi connectivity index (χ0n) is 10.1. The lowest BCUT2D eigenvalue weighted by Gasteiger charge is -2.32. The number of nitrogens with zero attached hydrogens (tertiary/aromatic N) is 1. The van der Waals surface area contributed by atoms with E-state index < -0.39 is 9.84 Å². The summed E-state index contributed by atoms with van der Waals surface area (Å²) in [6, 6.07) is 0.0930. The van der Waals surface area contributed by atoms with Gasteiger partial charge in [-0.2, -0.15) is 0 Å². The second-order valence-electron chi connectivity index (χ2n) is 4.50. The van der Waals surface area contributed by atoms with E-state index in [9.17, 15) is 13.2 Å². The number of hydrogen-bond acceptors (Lipinski definition) is 4. The zero-order chi connectivity index (χ0) is 12.2. The van der Waals surface area contributed by atoms with Crippen LogP contribution in [0.5, 0.6) is 0 Å². The van der Waals surface area contributed by atoms with E-state index in [1.165, 1.54) is 0 Å². The number of carbonyl (C=O) groups is 1. The van der Waals surface area contributed by atoms with Crippen molar-refractivity contribution in [1.29, 1.82) is 0 Å². The maximum Gasteiger partial charge on any atom is 0.153 e. The summed E-state index contributed by atoms with van der Waals surface area (Å²) in [4.78, 5) is 13.3. The molecule has 1 aliphatic heterocycles. The summed E-state index contributed by atoms with van der Waals surface area (Å²) in [6.07, 6.45) is 2.06. The van der Waals surface area contributed by atoms with E-state index >= 15 is 0 Å². The second kappa shape index (κ2) is 5.77. The first-order valence-electron chi connectivity index (χ1n) is 5.91. The van der Waals surface area contributed by atoms with E-state index in [0.29, 0.717) is 19.4 Å². The number of hydrogen-bond donors (Lipinski definition) is 0. The average Bonchev–Trinajstić information content (AvgIpc) is 2.20. The normalized spacial score (nSPS) is 25.5. The number of carbonyl (C=O) groups excluding carboxylic acids is 1. The Kier molecular flexibility index (Phi) is 4.92. The van der Waals surface area contributed by atoms with Crippen LogP contribution in [0.25, 0.3) is 0 Å². The Balaban J connectivity index is 2.31. The molecule has 1 fully saturated rings. The van der Waals surface area contributed by atoms with Crippen molar-refractivity contribution in [3.63, 3.8) is 0 Å². The largest absolute Gasteiger partial charge is 0.300 e. The summed E-state index contributed by atoms with van der Waals surface area (Å²) in [5.74, 6) is 0.811. The van der Waals surface area contributed by atoms with Gasteiger partial charge in [0.15, 0.2) is 9.84 Å². The molecule has 1 aliphatic rings. The van der Waals surface area contributed by atoms with E-state index in [1.54, 1.807) is 0 Å². The fraction of sp³-hybridized carbons (Fsp3) is 0.909. The zero-order valence-corrected chi connectivity index (χ0v) is 10.9. The summed E-state index contributed by atoms with van der Waals surface area (Å²) in [6.45, 7) is 5.27. The fourth-order valence-corrected chi connectivity index (χ4v) is 3.65. The third-order valence-corrected chi connectivity index (χ3v) is 4.90. The molecule has 0 aromatic carbocycles. The molecule has 0 aromatic heterocycles. The summed E-state index contributed by atoms with van der Waals surface area (Å²) in [5.41, 5.74) is 0. The van der Waals surface area contributed by atoms with E-state index in [-0.39, 0.29) is 23.3 Å². The monoisotopic (exact) mass is 247 g/mol. The molecular formula is C11H21NO3S. The molecule has 0 amide bonds. The lowest BCUT2D eigenvalue weighted by atomic mass is 10.1. The van der Waals surface area contributed by atoms with Crippen LogP contribution in [0.15, 0.2) is 0 Å². The highest BCUT2D eigenvalue weighted by Crippen LogP contribution is 2.12. The maximum atomic E-state index is 11.4. The molecule has 1 unspecified atom stereocenters. The lowest BCUT2D eigenvalue weighted by molar-refractivity contribution is -0.118. The number of ketones is 1. The van der Waals surface area contributed by atoms with Crippen molar-refractivity contribution in [1.82, 2.24) is 4.90 Å². The molecule has 1 heterocycles. The number of Topliss-reactive ketones (excluding diaryl/α,β-unsaturated/α-hetero) is 1. The van der Waals surface area contributed by atoms with Crippen LogP contribution in [0.2, 0.25) is 0 Å². The van der Waals surface area contributed by atoms with Crippen molar-refractivity contribution >= 4 is 15.6 Å². The Morgan fingerprint density at radius 1 is 1.44 bits per heavy atom. The van der Waals surface area contributed by atoms with Gasteiger partial charge in [-0.15, -0.1) is 0 Å². The Bertz CT molecular complexity index is 337. The molecule has 5 heteroatoms. The summed E-state index contributed by atoms with van der Waals surface area (Å²) < 4.78 is 22.7. The first kappa shape index (κ1) is 13.6. The molecule has 94 valence electrons. The standard InChI is InChI=1S/C11H21NO3S/c1-3-11(13)5-4-6-12-7-8-16(14,15)9-10(12)2/h10H,3-9H2,1-2H3. The predicted molar refractivity (Wildman–Crippen MR) is 64.2 cm³/mol. The van der Waals surface area contributed by atoms with Gasteiger partial charge in [0.25, 0.3) is 0 Å².